The zero-order chi connectivity index (χ0) is 21.4. The molecule has 0 fully saturated rings. The monoisotopic (exact) mass is 416 g/mol. The van der Waals surface area contributed by atoms with E-state index in [1.807, 2.05) is 45.0 Å². The molecule has 0 saturated carbocycles. The van der Waals surface area contributed by atoms with Crippen molar-refractivity contribution in [3.8, 4) is 5.75 Å². The highest BCUT2D eigenvalue weighted by molar-refractivity contribution is 6.30. The number of nitrogens with one attached hydrogen (secondary N) is 1. The van der Waals surface area contributed by atoms with E-state index in [4.69, 9.17) is 16.3 Å². The number of halogens is 1. The van der Waals surface area contributed by atoms with Crippen LogP contribution in [0, 0.1) is 6.92 Å². The van der Waals surface area contributed by atoms with Crippen LogP contribution in [-0.4, -0.2) is 35.4 Å². The van der Waals surface area contributed by atoms with Gasteiger partial charge in [0.25, 0.3) is 5.91 Å². The molecule has 0 heterocycles. The Morgan fingerprint density at radius 1 is 1.10 bits per heavy atom. The normalized spacial score (nSPS) is 12.7. The number of amides is 2. The van der Waals surface area contributed by atoms with Crippen molar-refractivity contribution in [2.75, 3.05) is 6.61 Å². The van der Waals surface area contributed by atoms with Crippen molar-refractivity contribution < 1.29 is 14.3 Å². The first-order chi connectivity index (χ1) is 13.8. The fourth-order valence-corrected chi connectivity index (χ4v) is 2.90. The lowest BCUT2D eigenvalue weighted by atomic mass is 10.1. The molecule has 0 aliphatic carbocycles. The minimum Gasteiger partial charge on any atom is -0.484 e. The van der Waals surface area contributed by atoms with Crippen LogP contribution < -0.4 is 10.1 Å². The van der Waals surface area contributed by atoms with Gasteiger partial charge in [0.05, 0.1) is 0 Å². The predicted molar refractivity (Wildman–Crippen MR) is 116 cm³/mol. The predicted octanol–water partition coefficient (Wildman–Crippen LogP) is 4.36. The maximum atomic E-state index is 13.0. The van der Waals surface area contributed by atoms with Crippen LogP contribution in [-0.2, 0) is 16.1 Å². The molecule has 2 aromatic rings. The molecule has 2 atom stereocenters. The van der Waals surface area contributed by atoms with Crippen molar-refractivity contribution in [3.05, 3.63) is 64.7 Å². The minimum atomic E-state index is -0.620. The average molecular weight is 417 g/mol. The molecule has 5 nitrogen and oxygen atoms in total. The summed E-state index contributed by atoms with van der Waals surface area (Å²) in [6, 6.07) is 14.1. The molecule has 29 heavy (non-hydrogen) atoms. The maximum Gasteiger partial charge on any atom is 0.261 e. The van der Waals surface area contributed by atoms with Crippen LogP contribution in [0.1, 0.15) is 38.3 Å². The Bertz CT molecular complexity index is 823. The molecule has 1 N–H and O–H groups in total. The summed E-state index contributed by atoms with van der Waals surface area (Å²) >= 11 is 5.88. The molecule has 2 amide bonds. The molecule has 0 spiro atoms. The summed E-state index contributed by atoms with van der Waals surface area (Å²) < 4.78 is 5.62. The van der Waals surface area contributed by atoms with Gasteiger partial charge in [0.15, 0.2) is 6.61 Å². The van der Waals surface area contributed by atoms with Crippen LogP contribution in [0.3, 0.4) is 0 Å². The Kier molecular flexibility index (Phi) is 8.52. The van der Waals surface area contributed by atoms with Crippen LogP contribution in [0.2, 0.25) is 5.02 Å². The van der Waals surface area contributed by atoms with Gasteiger partial charge in [-0.2, -0.15) is 0 Å². The van der Waals surface area contributed by atoms with E-state index < -0.39 is 6.04 Å². The van der Waals surface area contributed by atoms with Crippen LogP contribution >= 0.6 is 11.6 Å². The quantitative estimate of drug-likeness (QED) is 0.660. The molecule has 6 heteroatoms. The zero-order valence-corrected chi connectivity index (χ0v) is 18.2. The summed E-state index contributed by atoms with van der Waals surface area (Å²) in [6.07, 6.45) is 0.823. The van der Waals surface area contributed by atoms with E-state index in [1.165, 1.54) is 0 Å². The maximum absolute atomic E-state index is 13.0. The van der Waals surface area contributed by atoms with E-state index >= 15 is 0 Å². The number of hydrogen-bond donors (Lipinski definition) is 1. The first-order valence-corrected chi connectivity index (χ1v) is 10.2. The summed E-state index contributed by atoms with van der Waals surface area (Å²) in [6.45, 7) is 7.87. The van der Waals surface area contributed by atoms with Gasteiger partial charge in [0, 0.05) is 17.6 Å². The van der Waals surface area contributed by atoms with E-state index in [9.17, 15) is 9.59 Å². The van der Waals surface area contributed by atoms with E-state index in [0.717, 1.165) is 17.5 Å². The van der Waals surface area contributed by atoms with Gasteiger partial charge in [-0.05, 0) is 62.6 Å². The van der Waals surface area contributed by atoms with Crippen molar-refractivity contribution in [1.29, 1.82) is 0 Å². The summed E-state index contributed by atoms with van der Waals surface area (Å²) in [4.78, 5) is 27.2. The molecular formula is C23H29ClN2O3. The van der Waals surface area contributed by atoms with E-state index in [1.54, 1.807) is 36.1 Å². The van der Waals surface area contributed by atoms with Crippen molar-refractivity contribution in [2.24, 2.45) is 0 Å². The van der Waals surface area contributed by atoms with Gasteiger partial charge >= 0.3 is 0 Å². The van der Waals surface area contributed by atoms with Crippen LogP contribution in [0.25, 0.3) is 0 Å². The number of benzene rings is 2. The Morgan fingerprint density at radius 2 is 1.76 bits per heavy atom. The van der Waals surface area contributed by atoms with Crippen molar-refractivity contribution in [2.45, 2.75) is 52.7 Å². The van der Waals surface area contributed by atoms with Crippen molar-refractivity contribution in [1.82, 2.24) is 10.2 Å². The number of nitrogens with zero attached hydrogens (tertiary/aromatic N) is 1. The van der Waals surface area contributed by atoms with E-state index in [0.29, 0.717) is 17.3 Å². The first kappa shape index (κ1) is 22.8. The minimum absolute atomic E-state index is 0.0469. The molecule has 0 saturated heterocycles. The molecule has 156 valence electrons. The van der Waals surface area contributed by atoms with Gasteiger partial charge in [-0.1, -0.05) is 42.8 Å². The Morgan fingerprint density at radius 3 is 2.38 bits per heavy atom. The number of hydrogen-bond acceptors (Lipinski definition) is 3. The smallest absolute Gasteiger partial charge is 0.261 e. The summed E-state index contributed by atoms with van der Waals surface area (Å²) in [7, 11) is 0. The van der Waals surface area contributed by atoms with E-state index in [-0.39, 0.29) is 24.5 Å². The van der Waals surface area contributed by atoms with E-state index in [2.05, 4.69) is 5.32 Å². The van der Waals surface area contributed by atoms with Gasteiger partial charge < -0.3 is 15.0 Å². The molecule has 0 unspecified atom stereocenters. The third-order valence-corrected chi connectivity index (χ3v) is 5.20. The molecule has 0 radical (unpaired) electrons. The number of aryl methyl sites for hydroxylation is 1. The molecule has 0 bridgehead atoms. The zero-order valence-electron chi connectivity index (χ0n) is 17.4. The van der Waals surface area contributed by atoms with Crippen LogP contribution in [0.5, 0.6) is 5.75 Å². The number of rotatable bonds is 9. The lowest BCUT2D eigenvalue weighted by Gasteiger charge is -2.30. The second-order valence-corrected chi connectivity index (χ2v) is 7.62. The molecule has 2 aromatic carbocycles. The molecule has 2 rings (SSSR count). The Balaban J connectivity index is 2.15. The third-order valence-electron chi connectivity index (χ3n) is 4.95. The molecule has 0 aliphatic heterocycles. The highest BCUT2D eigenvalue weighted by Crippen LogP contribution is 2.17. The Hall–Kier alpha value is -2.53. The summed E-state index contributed by atoms with van der Waals surface area (Å²) in [5, 5.41) is 3.55. The van der Waals surface area contributed by atoms with Gasteiger partial charge in [-0.25, -0.2) is 0 Å². The SMILES string of the molecule is CC[C@@H](C)NC(=O)[C@H](C)N(Cc1ccccc1C)C(=O)COc1ccc(Cl)cc1. The van der Waals surface area contributed by atoms with Gasteiger partial charge in [-0.15, -0.1) is 0 Å². The second-order valence-electron chi connectivity index (χ2n) is 7.18. The molecule has 0 aromatic heterocycles. The fraction of sp³-hybridized carbons (Fsp3) is 0.391. The largest absolute Gasteiger partial charge is 0.484 e. The second kappa shape index (κ2) is 10.9. The van der Waals surface area contributed by atoms with Gasteiger partial charge in [-0.3, -0.25) is 9.59 Å². The highest BCUT2D eigenvalue weighted by Gasteiger charge is 2.27. The van der Waals surface area contributed by atoms with Crippen molar-refractivity contribution >= 4 is 23.4 Å². The molecular weight excluding hydrogens is 388 g/mol. The Labute approximate surface area is 178 Å². The van der Waals surface area contributed by atoms with Crippen LogP contribution in [0.4, 0.5) is 0 Å². The van der Waals surface area contributed by atoms with Crippen LogP contribution in [0.15, 0.2) is 48.5 Å². The third kappa shape index (κ3) is 6.79. The number of ether oxygens (including phenoxy) is 1. The highest BCUT2D eigenvalue weighted by atomic mass is 35.5. The number of carbonyl (C=O) groups is 2. The average Bonchev–Trinajstić information content (AvgIpc) is 2.71. The van der Waals surface area contributed by atoms with Gasteiger partial charge in [0.2, 0.25) is 5.91 Å². The first-order valence-electron chi connectivity index (χ1n) is 9.84. The summed E-state index contributed by atoms with van der Waals surface area (Å²) in [5.41, 5.74) is 2.06. The van der Waals surface area contributed by atoms with Crippen molar-refractivity contribution in [3.63, 3.8) is 0 Å². The van der Waals surface area contributed by atoms with Gasteiger partial charge in [0.1, 0.15) is 11.8 Å². The topological polar surface area (TPSA) is 58.6 Å². The lowest BCUT2D eigenvalue weighted by molar-refractivity contribution is -0.142. The number of carbonyl (C=O) groups excluding carboxylic acids is 2. The standard InChI is InChI=1S/C23H29ClN2O3/c1-5-17(3)25-23(28)18(4)26(14-19-9-7-6-8-16(19)2)22(27)15-29-21-12-10-20(24)11-13-21/h6-13,17-18H,5,14-15H2,1-4H3,(H,25,28)/t17-,18+/m1/s1. The fourth-order valence-electron chi connectivity index (χ4n) is 2.78. The summed E-state index contributed by atoms with van der Waals surface area (Å²) in [5.74, 6) is 0.123. The molecule has 0 aliphatic rings. The lowest BCUT2D eigenvalue weighted by Crippen LogP contribution is -2.50.